The minimum Gasteiger partial charge on any atom is -0.481 e. The molecule has 2 N–H and O–H groups in total. The summed E-state index contributed by atoms with van der Waals surface area (Å²) in [6.45, 7) is 1.85. The first kappa shape index (κ1) is 12.7. The molecule has 1 aromatic heterocycles. The van der Waals surface area contributed by atoms with Crippen molar-refractivity contribution in [2.45, 2.75) is 32.2 Å². The molecule has 3 atom stereocenters. The first-order valence-electron chi connectivity index (χ1n) is 6.14. The van der Waals surface area contributed by atoms with Gasteiger partial charge in [-0.05, 0) is 38.3 Å². The van der Waals surface area contributed by atoms with Crippen molar-refractivity contribution in [2.24, 2.45) is 11.8 Å². The number of rotatable bonds is 4. The molecule has 0 aromatic carbocycles. The maximum atomic E-state index is 12.0. The Balaban J connectivity index is 1.87. The molecule has 1 saturated carbocycles. The largest absolute Gasteiger partial charge is 0.481 e. The minimum atomic E-state index is -0.801. The summed E-state index contributed by atoms with van der Waals surface area (Å²) in [5, 5.41) is 11.8. The molecule has 1 fully saturated rings. The van der Waals surface area contributed by atoms with Gasteiger partial charge in [-0.15, -0.1) is 0 Å². The van der Waals surface area contributed by atoms with Gasteiger partial charge in [-0.2, -0.15) is 0 Å². The molecule has 98 valence electrons. The summed E-state index contributed by atoms with van der Waals surface area (Å²) in [6.07, 6.45) is 3.23. The van der Waals surface area contributed by atoms with Crippen molar-refractivity contribution in [3.05, 3.63) is 24.2 Å². The molecule has 5 nitrogen and oxygen atoms in total. The van der Waals surface area contributed by atoms with Crippen LogP contribution >= 0.6 is 0 Å². The number of nitrogens with one attached hydrogen (secondary N) is 1. The third kappa shape index (κ3) is 2.72. The van der Waals surface area contributed by atoms with Crippen LogP contribution in [0.4, 0.5) is 0 Å². The van der Waals surface area contributed by atoms with Gasteiger partial charge < -0.3 is 14.8 Å². The van der Waals surface area contributed by atoms with Crippen LogP contribution in [0.15, 0.2) is 22.8 Å². The third-order valence-electron chi connectivity index (χ3n) is 3.48. The van der Waals surface area contributed by atoms with Gasteiger partial charge in [-0.1, -0.05) is 0 Å². The third-order valence-corrected chi connectivity index (χ3v) is 3.48. The zero-order valence-electron chi connectivity index (χ0n) is 10.3. The molecule has 1 amide bonds. The zero-order chi connectivity index (χ0) is 13.1. The molecule has 1 aromatic rings. The van der Waals surface area contributed by atoms with E-state index in [2.05, 4.69) is 5.32 Å². The Hall–Kier alpha value is -1.78. The van der Waals surface area contributed by atoms with E-state index in [1.807, 2.05) is 6.92 Å². The number of hydrogen-bond acceptors (Lipinski definition) is 3. The molecule has 0 bridgehead atoms. The lowest BCUT2D eigenvalue weighted by Gasteiger charge is -2.15. The predicted octanol–water partition coefficient (Wildman–Crippen LogP) is 1.96. The Kier molecular flexibility index (Phi) is 3.69. The quantitative estimate of drug-likeness (QED) is 0.857. The van der Waals surface area contributed by atoms with Crippen LogP contribution in [0.25, 0.3) is 0 Å². The van der Waals surface area contributed by atoms with Crippen molar-refractivity contribution < 1.29 is 19.1 Å². The van der Waals surface area contributed by atoms with E-state index in [9.17, 15) is 9.59 Å². The zero-order valence-corrected chi connectivity index (χ0v) is 10.3. The Morgan fingerprint density at radius 2 is 2.17 bits per heavy atom. The van der Waals surface area contributed by atoms with Crippen LogP contribution in [-0.2, 0) is 9.59 Å². The average molecular weight is 251 g/mol. The van der Waals surface area contributed by atoms with Crippen molar-refractivity contribution in [1.82, 2.24) is 5.32 Å². The van der Waals surface area contributed by atoms with Gasteiger partial charge in [0.1, 0.15) is 5.76 Å². The van der Waals surface area contributed by atoms with Gasteiger partial charge in [0.25, 0.3) is 0 Å². The molecule has 0 radical (unpaired) electrons. The molecule has 1 heterocycles. The van der Waals surface area contributed by atoms with E-state index >= 15 is 0 Å². The predicted molar refractivity (Wildman–Crippen MR) is 63.7 cm³/mol. The van der Waals surface area contributed by atoms with E-state index in [0.29, 0.717) is 25.0 Å². The van der Waals surface area contributed by atoms with Gasteiger partial charge in [0.05, 0.1) is 18.2 Å². The van der Waals surface area contributed by atoms with Gasteiger partial charge in [0, 0.05) is 5.92 Å². The highest BCUT2D eigenvalue weighted by Gasteiger charge is 2.34. The minimum absolute atomic E-state index is 0.0809. The monoisotopic (exact) mass is 251 g/mol. The fourth-order valence-electron chi connectivity index (χ4n) is 2.38. The van der Waals surface area contributed by atoms with E-state index in [4.69, 9.17) is 9.52 Å². The summed E-state index contributed by atoms with van der Waals surface area (Å²) in [7, 11) is 0. The molecule has 3 unspecified atom stereocenters. The van der Waals surface area contributed by atoms with Gasteiger partial charge >= 0.3 is 5.97 Å². The smallest absolute Gasteiger partial charge is 0.306 e. The highest BCUT2D eigenvalue weighted by molar-refractivity contribution is 5.81. The molecule has 1 aliphatic carbocycles. The number of carbonyl (C=O) groups excluding carboxylic acids is 1. The molecular weight excluding hydrogens is 234 g/mol. The normalized spacial score (nSPS) is 24.7. The lowest BCUT2D eigenvalue weighted by Crippen LogP contribution is -2.31. The molecule has 5 heteroatoms. The van der Waals surface area contributed by atoms with E-state index in [1.54, 1.807) is 18.4 Å². The lowest BCUT2D eigenvalue weighted by atomic mass is 10.0. The van der Waals surface area contributed by atoms with Crippen molar-refractivity contribution in [1.29, 1.82) is 0 Å². The molecule has 0 aliphatic heterocycles. The van der Waals surface area contributed by atoms with Crippen LogP contribution in [0.3, 0.4) is 0 Å². The van der Waals surface area contributed by atoms with Crippen LogP contribution in [0.1, 0.15) is 38.0 Å². The van der Waals surface area contributed by atoms with E-state index < -0.39 is 5.97 Å². The van der Waals surface area contributed by atoms with E-state index in [0.717, 1.165) is 0 Å². The number of carbonyl (C=O) groups is 2. The number of furan rings is 1. The van der Waals surface area contributed by atoms with Crippen molar-refractivity contribution in [3.8, 4) is 0 Å². The van der Waals surface area contributed by atoms with Crippen molar-refractivity contribution in [3.63, 3.8) is 0 Å². The van der Waals surface area contributed by atoms with Crippen LogP contribution in [0, 0.1) is 11.8 Å². The molecular formula is C13H17NO4. The standard InChI is InChI=1S/C13H17NO4/c1-8(11-3-2-6-18-11)14-12(15)9-4-5-10(7-9)13(16)17/h2-3,6,8-10H,4-5,7H2,1H3,(H,14,15)(H,16,17). The first-order chi connectivity index (χ1) is 8.58. The van der Waals surface area contributed by atoms with Gasteiger partial charge in [0.15, 0.2) is 0 Å². The Morgan fingerprint density at radius 1 is 1.44 bits per heavy atom. The number of carboxylic acids is 1. The van der Waals surface area contributed by atoms with E-state index in [-0.39, 0.29) is 23.8 Å². The second kappa shape index (κ2) is 5.25. The van der Waals surface area contributed by atoms with Gasteiger partial charge in [-0.25, -0.2) is 0 Å². The summed E-state index contributed by atoms with van der Waals surface area (Å²) in [5.41, 5.74) is 0. The lowest BCUT2D eigenvalue weighted by molar-refractivity contribution is -0.141. The molecule has 0 saturated heterocycles. The first-order valence-corrected chi connectivity index (χ1v) is 6.14. The molecule has 0 spiro atoms. The van der Waals surface area contributed by atoms with Crippen molar-refractivity contribution in [2.75, 3.05) is 0 Å². The van der Waals surface area contributed by atoms with Crippen LogP contribution in [0.2, 0.25) is 0 Å². The Labute approximate surface area is 105 Å². The molecule has 18 heavy (non-hydrogen) atoms. The number of carboxylic acid groups (broad SMARTS) is 1. The van der Waals surface area contributed by atoms with Crippen LogP contribution in [0.5, 0.6) is 0 Å². The summed E-state index contributed by atoms with van der Waals surface area (Å²) >= 11 is 0. The highest BCUT2D eigenvalue weighted by atomic mass is 16.4. The van der Waals surface area contributed by atoms with Gasteiger partial charge in [-0.3, -0.25) is 9.59 Å². The maximum Gasteiger partial charge on any atom is 0.306 e. The SMILES string of the molecule is CC(NC(=O)C1CCC(C(=O)O)C1)c1ccco1. The topological polar surface area (TPSA) is 79.5 Å². The second-order valence-electron chi connectivity index (χ2n) is 4.79. The molecule has 1 aliphatic rings. The summed E-state index contributed by atoms with van der Waals surface area (Å²) in [6, 6.07) is 3.39. The highest BCUT2D eigenvalue weighted by Crippen LogP contribution is 2.31. The summed E-state index contributed by atoms with van der Waals surface area (Å²) in [4.78, 5) is 22.8. The summed E-state index contributed by atoms with van der Waals surface area (Å²) < 4.78 is 5.21. The maximum absolute atomic E-state index is 12.0. The van der Waals surface area contributed by atoms with Crippen LogP contribution < -0.4 is 5.32 Å². The molecule has 2 rings (SSSR count). The second-order valence-corrected chi connectivity index (χ2v) is 4.79. The number of hydrogen-bond donors (Lipinski definition) is 2. The van der Waals surface area contributed by atoms with Crippen molar-refractivity contribution >= 4 is 11.9 Å². The number of aliphatic carboxylic acids is 1. The number of amides is 1. The fraction of sp³-hybridized carbons (Fsp3) is 0.538. The summed E-state index contributed by atoms with van der Waals surface area (Å²) in [5.74, 6) is -0.744. The fourth-order valence-corrected chi connectivity index (χ4v) is 2.38. The van der Waals surface area contributed by atoms with Gasteiger partial charge in [0.2, 0.25) is 5.91 Å². The van der Waals surface area contributed by atoms with E-state index in [1.165, 1.54) is 0 Å². The van der Waals surface area contributed by atoms with Crippen LogP contribution in [-0.4, -0.2) is 17.0 Å². The Bertz CT molecular complexity index is 426. The average Bonchev–Trinajstić information content (AvgIpc) is 3.00. The Morgan fingerprint density at radius 3 is 2.72 bits per heavy atom.